The van der Waals surface area contributed by atoms with Gasteiger partial charge in [-0.1, -0.05) is 36.9 Å². The Balaban J connectivity index is 2.91. The fourth-order valence-electron chi connectivity index (χ4n) is 1.26. The van der Waals surface area contributed by atoms with Gasteiger partial charge in [-0.05, 0) is 24.1 Å². The van der Waals surface area contributed by atoms with E-state index >= 15 is 0 Å². The number of hydrogen-bond acceptors (Lipinski definition) is 3. The highest BCUT2D eigenvalue weighted by atomic mass is 16.5. The lowest BCUT2D eigenvalue weighted by Gasteiger charge is -2.02. The molecule has 0 atom stereocenters. The van der Waals surface area contributed by atoms with Crippen LogP contribution in [0.5, 0.6) is 0 Å². The van der Waals surface area contributed by atoms with Gasteiger partial charge in [-0.25, -0.2) is 4.79 Å². The van der Waals surface area contributed by atoms with Crippen LogP contribution >= 0.6 is 0 Å². The predicted molar refractivity (Wildman–Crippen MR) is 65.8 cm³/mol. The summed E-state index contributed by atoms with van der Waals surface area (Å²) >= 11 is 0. The number of benzene rings is 1. The summed E-state index contributed by atoms with van der Waals surface area (Å²) in [6, 6.07) is 11.2. The van der Waals surface area contributed by atoms with E-state index in [1.807, 2.05) is 36.4 Å². The molecule has 0 spiro atoms. The Morgan fingerprint density at radius 3 is 2.65 bits per heavy atom. The van der Waals surface area contributed by atoms with Crippen molar-refractivity contribution in [3.63, 3.8) is 0 Å². The first kappa shape index (κ1) is 12.7. The topological polar surface area (TPSA) is 50.1 Å². The molecule has 0 radical (unpaired) electrons. The van der Waals surface area contributed by atoms with Crippen LogP contribution in [0.1, 0.15) is 12.5 Å². The Hall–Kier alpha value is -2.34. The van der Waals surface area contributed by atoms with Crippen molar-refractivity contribution >= 4 is 11.5 Å². The highest BCUT2D eigenvalue weighted by Gasteiger charge is 2.10. The van der Waals surface area contributed by atoms with Gasteiger partial charge in [0.05, 0.1) is 6.61 Å². The van der Waals surface area contributed by atoms with Crippen molar-refractivity contribution in [1.82, 2.24) is 0 Å². The van der Waals surface area contributed by atoms with E-state index in [9.17, 15) is 4.79 Å². The molecule has 1 rings (SSSR count). The molecule has 1 aromatic rings. The predicted octanol–water partition coefficient (Wildman–Crippen LogP) is 2.71. The van der Waals surface area contributed by atoms with E-state index in [0.29, 0.717) is 5.57 Å². The molecule has 0 aromatic heterocycles. The van der Waals surface area contributed by atoms with E-state index in [0.717, 1.165) is 5.56 Å². The van der Waals surface area contributed by atoms with E-state index in [-0.39, 0.29) is 12.2 Å². The fourth-order valence-corrected chi connectivity index (χ4v) is 1.26. The number of esters is 1. The lowest BCUT2D eigenvalue weighted by molar-refractivity contribution is -0.138. The molecule has 0 bridgehead atoms. The van der Waals surface area contributed by atoms with Gasteiger partial charge < -0.3 is 4.74 Å². The van der Waals surface area contributed by atoms with Crippen LogP contribution in [0.25, 0.3) is 5.57 Å². The standard InChI is InChI=1S/C14H13NO2/c1-3-17-14(16)13(10-15)9-11(2)12-7-5-4-6-8-12/h4-9H,2-3H2,1H3. The zero-order valence-corrected chi connectivity index (χ0v) is 9.64. The summed E-state index contributed by atoms with van der Waals surface area (Å²) in [5.41, 5.74) is 1.43. The number of hydrogen-bond donors (Lipinski definition) is 0. The summed E-state index contributed by atoms with van der Waals surface area (Å²) in [6.45, 7) is 5.76. The second kappa shape index (κ2) is 6.29. The van der Waals surface area contributed by atoms with Gasteiger partial charge in [0.25, 0.3) is 0 Å². The minimum Gasteiger partial charge on any atom is -0.462 e. The molecule has 86 valence electrons. The molecule has 17 heavy (non-hydrogen) atoms. The van der Waals surface area contributed by atoms with Gasteiger partial charge >= 0.3 is 5.97 Å². The molecule has 0 aliphatic rings. The number of ether oxygens (including phenoxy) is 1. The first-order valence-corrected chi connectivity index (χ1v) is 5.22. The van der Waals surface area contributed by atoms with Gasteiger partial charge in [-0.15, -0.1) is 0 Å². The van der Waals surface area contributed by atoms with Crippen molar-refractivity contribution in [3.05, 3.63) is 54.1 Å². The van der Waals surface area contributed by atoms with Crippen molar-refractivity contribution in [2.75, 3.05) is 6.61 Å². The first-order chi connectivity index (χ1) is 8.19. The van der Waals surface area contributed by atoms with Crippen LogP contribution in [0.2, 0.25) is 0 Å². The van der Waals surface area contributed by atoms with Gasteiger partial charge in [-0.2, -0.15) is 5.26 Å². The Bertz CT molecular complexity index is 481. The molecule has 0 unspecified atom stereocenters. The average molecular weight is 227 g/mol. The zero-order chi connectivity index (χ0) is 12.7. The minimum atomic E-state index is -0.618. The molecule has 3 heteroatoms. The summed E-state index contributed by atoms with van der Waals surface area (Å²) in [5, 5.41) is 8.86. The molecule has 0 saturated carbocycles. The van der Waals surface area contributed by atoms with E-state index in [4.69, 9.17) is 10.00 Å². The minimum absolute atomic E-state index is 0.0410. The first-order valence-electron chi connectivity index (χ1n) is 5.22. The van der Waals surface area contributed by atoms with Crippen molar-refractivity contribution in [3.8, 4) is 6.07 Å². The Morgan fingerprint density at radius 2 is 2.12 bits per heavy atom. The Labute approximate surface area is 101 Å². The highest BCUT2D eigenvalue weighted by molar-refractivity contribution is 5.96. The third-order valence-electron chi connectivity index (χ3n) is 2.08. The monoisotopic (exact) mass is 227 g/mol. The molecule has 0 heterocycles. The number of nitrogens with zero attached hydrogens (tertiary/aromatic N) is 1. The second-order valence-corrected chi connectivity index (χ2v) is 3.28. The molecular weight excluding hydrogens is 214 g/mol. The van der Waals surface area contributed by atoms with Crippen LogP contribution in [0.15, 0.2) is 48.6 Å². The lowest BCUT2D eigenvalue weighted by Crippen LogP contribution is -2.06. The highest BCUT2D eigenvalue weighted by Crippen LogP contribution is 2.15. The van der Waals surface area contributed by atoms with Gasteiger partial charge in [0.15, 0.2) is 0 Å². The van der Waals surface area contributed by atoms with E-state index in [2.05, 4.69) is 6.58 Å². The molecular formula is C14H13NO2. The number of rotatable bonds is 4. The molecule has 0 N–H and O–H groups in total. The fraction of sp³-hybridized carbons (Fsp3) is 0.143. The normalized spacial score (nSPS) is 10.5. The maximum atomic E-state index is 11.4. The maximum absolute atomic E-state index is 11.4. The number of nitriles is 1. The van der Waals surface area contributed by atoms with Gasteiger partial charge in [-0.3, -0.25) is 0 Å². The van der Waals surface area contributed by atoms with Crippen LogP contribution in [-0.4, -0.2) is 12.6 Å². The van der Waals surface area contributed by atoms with Crippen molar-refractivity contribution in [2.24, 2.45) is 0 Å². The second-order valence-electron chi connectivity index (χ2n) is 3.28. The quantitative estimate of drug-likeness (QED) is 0.344. The number of carbonyl (C=O) groups excluding carboxylic acids is 1. The summed E-state index contributed by atoms with van der Waals surface area (Å²) in [5.74, 6) is -0.618. The molecule has 0 fully saturated rings. The molecule has 0 saturated heterocycles. The van der Waals surface area contributed by atoms with E-state index in [1.54, 1.807) is 6.92 Å². The van der Waals surface area contributed by atoms with Gasteiger partial charge in [0, 0.05) is 0 Å². The van der Waals surface area contributed by atoms with Gasteiger partial charge in [0.1, 0.15) is 11.6 Å². The molecule has 3 nitrogen and oxygen atoms in total. The van der Waals surface area contributed by atoms with Crippen LogP contribution in [-0.2, 0) is 9.53 Å². The smallest absolute Gasteiger partial charge is 0.348 e. The van der Waals surface area contributed by atoms with Crippen LogP contribution in [0.4, 0.5) is 0 Å². The average Bonchev–Trinajstić information content (AvgIpc) is 2.37. The summed E-state index contributed by atoms with van der Waals surface area (Å²) < 4.78 is 4.76. The summed E-state index contributed by atoms with van der Waals surface area (Å²) in [7, 11) is 0. The molecule has 1 aromatic carbocycles. The van der Waals surface area contributed by atoms with Crippen LogP contribution in [0.3, 0.4) is 0 Å². The third kappa shape index (κ3) is 3.62. The maximum Gasteiger partial charge on any atom is 0.348 e. The van der Waals surface area contributed by atoms with E-state index in [1.165, 1.54) is 6.08 Å². The molecule has 0 aliphatic carbocycles. The van der Waals surface area contributed by atoms with Crippen molar-refractivity contribution < 1.29 is 9.53 Å². The summed E-state index contributed by atoms with van der Waals surface area (Å²) in [6.07, 6.45) is 1.44. The largest absolute Gasteiger partial charge is 0.462 e. The Morgan fingerprint density at radius 1 is 1.47 bits per heavy atom. The van der Waals surface area contributed by atoms with Crippen molar-refractivity contribution in [2.45, 2.75) is 6.92 Å². The summed E-state index contributed by atoms with van der Waals surface area (Å²) in [4.78, 5) is 11.4. The Kier molecular flexibility index (Phi) is 4.71. The lowest BCUT2D eigenvalue weighted by atomic mass is 10.1. The third-order valence-corrected chi connectivity index (χ3v) is 2.08. The van der Waals surface area contributed by atoms with Crippen LogP contribution in [0, 0.1) is 11.3 Å². The van der Waals surface area contributed by atoms with Crippen molar-refractivity contribution in [1.29, 1.82) is 5.26 Å². The van der Waals surface area contributed by atoms with Gasteiger partial charge in [0.2, 0.25) is 0 Å². The molecule has 0 amide bonds. The van der Waals surface area contributed by atoms with E-state index < -0.39 is 5.97 Å². The SMILES string of the molecule is C=C(C=C(C#N)C(=O)OCC)c1ccccc1. The number of allylic oxidation sites excluding steroid dienone is 2. The molecule has 0 aliphatic heterocycles. The van der Waals surface area contributed by atoms with Crippen LogP contribution < -0.4 is 0 Å². The number of carbonyl (C=O) groups is 1. The zero-order valence-electron chi connectivity index (χ0n) is 9.64.